The van der Waals surface area contributed by atoms with Crippen LogP contribution in [0.3, 0.4) is 0 Å². The summed E-state index contributed by atoms with van der Waals surface area (Å²) >= 11 is 5.82. The molecule has 200 valence electrons. The predicted octanol–water partition coefficient (Wildman–Crippen LogP) is 4.74. The molecular weight excluding hydrogens is 534 g/mol. The molecule has 11 heteroatoms. The lowest BCUT2D eigenvalue weighted by molar-refractivity contribution is 0.0697. The lowest BCUT2D eigenvalue weighted by Gasteiger charge is -2.28. The van der Waals surface area contributed by atoms with Crippen LogP contribution in [-0.4, -0.2) is 40.4 Å². The Hall–Kier alpha value is -4.22. The van der Waals surface area contributed by atoms with Crippen LogP contribution >= 0.6 is 12.2 Å². The summed E-state index contributed by atoms with van der Waals surface area (Å²) in [7, 11) is -3.41. The minimum absolute atomic E-state index is 0.209. The van der Waals surface area contributed by atoms with Crippen molar-refractivity contribution in [1.29, 1.82) is 0 Å². The maximum Gasteiger partial charge on any atom is 0.335 e. The lowest BCUT2D eigenvalue weighted by Crippen LogP contribution is -2.29. The van der Waals surface area contributed by atoms with E-state index in [4.69, 9.17) is 12.2 Å². The van der Waals surface area contributed by atoms with Crippen LogP contribution in [0.25, 0.3) is 5.69 Å². The number of aromatic carboxylic acids is 1. The van der Waals surface area contributed by atoms with Gasteiger partial charge >= 0.3 is 5.97 Å². The zero-order chi connectivity index (χ0) is 27.9. The molecule has 2 aromatic carbocycles. The van der Waals surface area contributed by atoms with Crippen molar-refractivity contribution in [2.24, 2.45) is 0 Å². The molecule has 4 aromatic rings. The summed E-state index contributed by atoms with van der Waals surface area (Å²) in [6, 6.07) is 21.2. The molecule has 1 aliphatic rings. The first-order chi connectivity index (χ1) is 18.5. The lowest BCUT2D eigenvalue weighted by atomic mass is 9.96. The van der Waals surface area contributed by atoms with E-state index in [1.807, 2.05) is 59.7 Å². The number of rotatable bonds is 7. The zero-order valence-electron chi connectivity index (χ0n) is 21.5. The van der Waals surface area contributed by atoms with E-state index in [1.165, 1.54) is 0 Å². The fourth-order valence-corrected chi connectivity index (χ4v) is 6.03. The Labute approximate surface area is 232 Å². The SMILES string of the molecule is Cc1cc([C@H]2[C@H](c3ccccn3)NC(=S)N2c2ccc(NS(C)(=O)=O)cc2)c(C)n1-c1cccc(C(=O)O)c1. The van der Waals surface area contributed by atoms with Gasteiger partial charge in [0.15, 0.2) is 5.11 Å². The number of sulfonamides is 1. The smallest absolute Gasteiger partial charge is 0.335 e. The second-order valence-electron chi connectivity index (χ2n) is 9.44. The topological polar surface area (TPSA) is 117 Å². The van der Waals surface area contributed by atoms with Crippen molar-refractivity contribution in [2.75, 3.05) is 15.9 Å². The molecule has 2 atom stereocenters. The van der Waals surface area contributed by atoms with Crippen LogP contribution in [0.1, 0.15) is 45.1 Å². The number of carboxylic acids is 1. The van der Waals surface area contributed by atoms with Crippen molar-refractivity contribution in [3.63, 3.8) is 0 Å². The highest BCUT2D eigenvalue weighted by molar-refractivity contribution is 7.92. The summed E-state index contributed by atoms with van der Waals surface area (Å²) in [4.78, 5) is 18.2. The number of carbonyl (C=O) groups is 1. The third-order valence-electron chi connectivity index (χ3n) is 6.69. The molecule has 0 saturated carbocycles. The third-order valence-corrected chi connectivity index (χ3v) is 7.61. The number of nitrogens with zero attached hydrogens (tertiary/aromatic N) is 3. The maximum absolute atomic E-state index is 11.7. The number of pyridine rings is 1. The van der Waals surface area contributed by atoms with Gasteiger partial charge in [0.05, 0.1) is 29.6 Å². The summed E-state index contributed by atoms with van der Waals surface area (Å²) < 4.78 is 27.9. The van der Waals surface area contributed by atoms with Crippen molar-refractivity contribution in [2.45, 2.75) is 25.9 Å². The average Bonchev–Trinajstić information content (AvgIpc) is 3.39. The molecule has 0 bridgehead atoms. The van der Waals surface area contributed by atoms with Gasteiger partial charge in [0.1, 0.15) is 0 Å². The number of hydrogen-bond donors (Lipinski definition) is 3. The minimum Gasteiger partial charge on any atom is -0.478 e. The molecular formula is C28H27N5O4S2. The van der Waals surface area contributed by atoms with Gasteiger partial charge in [-0.1, -0.05) is 12.1 Å². The summed E-state index contributed by atoms with van der Waals surface area (Å²) in [5, 5.41) is 13.5. The maximum atomic E-state index is 11.7. The van der Waals surface area contributed by atoms with Gasteiger partial charge in [-0.25, -0.2) is 13.2 Å². The van der Waals surface area contributed by atoms with Gasteiger partial charge in [0, 0.05) is 34.6 Å². The van der Waals surface area contributed by atoms with E-state index in [-0.39, 0.29) is 17.6 Å². The second kappa shape index (κ2) is 10.2. The summed E-state index contributed by atoms with van der Waals surface area (Å²) in [5.41, 5.74) is 5.89. The van der Waals surface area contributed by atoms with Gasteiger partial charge < -0.3 is 19.9 Å². The number of aryl methyl sites for hydroxylation is 1. The molecule has 3 heterocycles. The van der Waals surface area contributed by atoms with Crippen molar-refractivity contribution < 1.29 is 18.3 Å². The molecule has 0 spiro atoms. The molecule has 0 amide bonds. The Morgan fingerprint density at radius 2 is 1.77 bits per heavy atom. The number of benzene rings is 2. The van der Waals surface area contributed by atoms with E-state index < -0.39 is 16.0 Å². The normalized spacial score (nSPS) is 17.2. The summed E-state index contributed by atoms with van der Waals surface area (Å²) in [6.45, 7) is 3.99. The Kier molecular flexibility index (Phi) is 6.87. The van der Waals surface area contributed by atoms with E-state index >= 15 is 0 Å². The van der Waals surface area contributed by atoms with Gasteiger partial charge in [0.2, 0.25) is 10.0 Å². The molecule has 3 N–H and O–H groups in total. The molecule has 1 saturated heterocycles. The molecule has 1 fully saturated rings. The molecule has 1 aliphatic heterocycles. The van der Waals surface area contributed by atoms with Crippen molar-refractivity contribution in [3.05, 3.63) is 107 Å². The van der Waals surface area contributed by atoms with E-state index in [0.29, 0.717) is 10.8 Å². The number of carboxylic acid groups (broad SMARTS) is 1. The van der Waals surface area contributed by atoms with Gasteiger partial charge in [-0.05, 0) is 92.3 Å². The standard InChI is InChI=1S/C28H27N5O4S2/c1-17-15-23(18(2)32(17)22-8-6-7-19(16-22)27(34)35)26-25(24-9-4-5-14-29-24)30-28(38)33(26)21-12-10-20(11-13-21)31-39(3,36)37/h4-16,25-26,31H,1-3H3,(H,30,38)(H,34,35)/t25-,26-/m0/s1. The van der Waals surface area contributed by atoms with Crippen LogP contribution in [0.5, 0.6) is 0 Å². The van der Waals surface area contributed by atoms with Gasteiger partial charge in [0.25, 0.3) is 0 Å². The van der Waals surface area contributed by atoms with E-state index in [1.54, 1.807) is 36.5 Å². The van der Waals surface area contributed by atoms with Crippen molar-refractivity contribution in [3.8, 4) is 5.69 Å². The van der Waals surface area contributed by atoms with Crippen LogP contribution in [0, 0.1) is 13.8 Å². The van der Waals surface area contributed by atoms with E-state index in [0.717, 1.165) is 40.3 Å². The molecule has 0 unspecified atom stereocenters. The fourth-order valence-electron chi connectivity index (χ4n) is 5.12. The Bertz CT molecular complexity index is 1670. The van der Waals surface area contributed by atoms with Gasteiger partial charge in [-0.3, -0.25) is 9.71 Å². The highest BCUT2D eigenvalue weighted by Gasteiger charge is 2.42. The first-order valence-corrected chi connectivity index (χ1v) is 14.4. The second-order valence-corrected chi connectivity index (χ2v) is 11.6. The zero-order valence-corrected chi connectivity index (χ0v) is 23.1. The van der Waals surface area contributed by atoms with E-state index in [2.05, 4.69) is 21.1 Å². The molecule has 0 radical (unpaired) electrons. The number of hydrogen-bond acceptors (Lipinski definition) is 5. The van der Waals surface area contributed by atoms with Gasteiger partial charge in [-0.15, -0.1) is 0 Å². The minimum atomic E-state index is -3.41. The monoisotopic (exact) mass is 561 g/mol. The molecule has 39 heavy (non-hydrogen) atoms. The first-order valence-electron chi connectivity index (χ1n) is 12.1. The number of thiocarbonyl (C=S) groups is 1. The Balaban J connectivity index is 1.63. The molecule has 5 rings (SSSR count). The highest BCUT2D eigenvalue weighted by Crippen LogP contribution is 2.44. The molecule has 2 aromatic heterocycles. The number of aromatic nitrogens is 2. The fraction of sp³-hybridized carbons (Fsp3) is 0.179. The average molecular weight is 562 g/mol. The Morgan fingerprint density at radius 3 is 2.41 bits per heavy atom. The predicted molar refractivity (Wildman–Crippen MR) is 155 cm³/mol. The van der Waals surface area contributed by atoms with Crippen LogP contribution in [-0.2, 0) is 10.0 Å². The van der Waals surface area contributed by atoms with E-state index in [9.17, 15) is 18.3 Å². The summed E-state index contributed by atoms with van der Waals surface area (Å²) in [5.74, 6) is -0.986. The quantitative estimate of drug-likeness (QED) is 0.277. The van der Waals surface area contributed by atoms with Crippen LogP contribution in [0.15, 0.2) is 79.0 Å². The van der Waals surface area contributed by atoms with Gasteiger partial charge in [-0.2, -0.15) is 0 Å². The number of anilines is 2. The van der Waals surface area contributed by atoms with Crippen LogP contribution in [0.2, 0.25) is 0 Å². The number of nitrogens with one attached hydrogen (secondary N) is 2. The molecule has 9 nitrogen and oxygen atoms in total. The Morgan fingerprint density at radius 1 is 1.03 bits per heavy atom. The largest absolute Gasteiger partial charge is 0.478 e. The van der Waals surface area contributed by atoms with Crippen LogP contribution in [0.4, 0.5) is 11.4 Å². The van der Waals surface area contributed by atoms with Crippen molar-refractivity contribution >= 4 is 44.7 Å². The first kappa shape index (κ1) is 26.4. The van der Waals surface area contributed by atoms with Crippen LogP contribution < -0.4 is 14.9 Å². The highest BCUT2D eigenvalue weighted by atomic mass is 32.2. The third kappa shape index (κ3) is 5.23. The summed E-state index contributed by atoms with van der Waals surface area (Å²) in [6.07, 6.45) is 2.85. The molecule has 0 aliphatic carbocycles. The van der Waals surface area contributed by atoms with Crippen molar-refractivity contribution in [1.82, 2.24) is 14.9 Å².